The van der Waals surface area contributed by atoms with Crippen LogP contribution in [0.15, 0.2) is 192 Å². The van der Waals surface area contributed by atoms with Crippen molar-refractivity contribution >= 4 is 75.1 Å². The number of furan rings is 1. The minimum absolute atomic E-state index is 0.927. The normalized spacial score (nSPS) is 11.8. The van der Waals surface area contributed by atoms with Crippen LogP contribution in [0.5, 0.6) is 0 Å². The lowest BCUT2D eigenvalue weighted by Crippen LogP contribution is -2.74. The van der Waals surface area contributed by atoms with Gasteiger partial charge in [-0.05, 0) is 38.1 Å². The van der Waals surface area contributed by atoms with E-state index in [0.29, 0.717) is 0 Å². The van der Waals surface area contributed by atoms with Gasteiger partial charge in [0.2, 0.25) is 0 Å². The lowest BCUT2D eigenvalue weighted by molar-refractivity contribution is 0.669. The predicted molar refractivity (Wildman–Crippen MR) is 195 cm³/mol. The van der Waals surface area contributed by atoms with Crippen molar-refractivity contribution in [3.63, 3.8) is 0 Å². The van der Waals surface area contributed by atoms with Gasteiger partial charge in [-0.15, -0.1) is 0 Å². The van der Waals surface area contributed by atoms with E-state index >= 15 is 0 Å². The molecule has 0 fully saturated rings. The minimum Gasteiger partial charge on any atom is -0.456 e. The van der Waals surface area contributed by atoms with Crippen molar-refractivity contribution < 1.29 is 4.42 Å². The van der Waals surface area contributed by atoms with Crippen molar-refractivity contribution in [3.8, 4) is 0 Å². The summed E-state index contributed by atoms with van der Waals surface area (Å²) in [7, 11) is -3.87. The lowest BCUT2D eigenvalue weighted by atomic mass is 10.1. The second kappa shape index (κ2) is 11.7. The lowest BCUT2D eigenvalue weighted by Gasteiger charge is -2.34. The van der Waals surface area contributed by atoms with E-state index in [1.807, 2.05) is 0 Å². The molecule has 3 heteroatoms. The average molecular weight is 608 g/mol. The molecule has 8 aromatic rings. The van der Waals surface area contributed by atoms with Crippen LogP contribution in [0.1, 0.15) is 0 Å². The fourth-order valence-corrected chi connectivity index (χ4v) is 14.3. The van der Waals surface area contributed by atoms with Crippen molar-refractivity contribution in [2.75, 3.05) is 0 Å². The Morgan fingerprint density at radius 2 is 0.733 bits per heavy atom. The third-order valence-corrected chi connectivity index (χ3v) is 16.4. The zero-order valence-electron chi connectivity index (χ0n) is 24.8. The van der Waals surface area contributed by atoms with Gasteiger partial charge >= 0.3 is 0 Å². The van der Waals surface area contributed by atoms with E-state index in [-0.39, 0.29) is 0 Å². The molecule has 0 unspecified atom stereocenters. The van der Waals surface area contributed by atoms with Crippen molar-refractivity contribution in [1.82, 2.24) is 0 Å². The maximum Gasteiger partial charge on any atom is 0.179 e. The van der Waals surface area contributed by atoms with Crippen molar-refractivity contribution in [2.24, 2.45) is 0 Å². The minimum atomic E-state index is -2.65. The van der Waals surface area contributed by atoms with Crippen LogP contribution in [0.2, 0.25) is 0 Å². The Hall–Kier alpha value is -5.23. The van der Waals surface area contributed by atoms with E-state index in [4.69, 9.17) is 4.42 Å². The first kappa shape index (κ1) is 27.3. The summed E-state index contributed by atoms with van der Waals surface area (Å²) in [5.41, 5.74) is 1.86. The molecule has 0 spiro atoms. The first-order chi connectivity index (χ1) is 22.3. The fourth-order valence-electron chi connectivity index (χ4n) is 6.94. The van der Waals surface area contributed by atoms with Gasteiger partial charge in [-0.3, -0.25) is 0 Å². The van der Waals surface area contributed by atoms with Gasteiger partial charge in [0.1, 0.15) is 11.2 Å². The molecular weight excluding hydrogens is 577 g/mol. The molecule has 45 heavy (non-hydrogen) atoms. The van der Waals surface area contributed by atoms with Crippen LogP contribution in [0.25, 0.3) is 21.9 Å². The molecule has 0 N–H and O–H groups in total. The molecular formula is C42H31OSi2. The molecule has 1 heterocycles. The van der Waals surface area contributed by atoms with E-state index < -0.39 is 16.9 Å². The smallest absolute Gasteiger partial charge is 0.179 e. The second-order valence-electron chi connectivity index (χ2n) is 11.5. The summed E-state index contributed by atoms with van der Waals surface area (Å²) in [6, 6.07) is 69.0. The molecule has 0 bridgehead atoms. The van der Waals surface area contributed by atoms with Crippen LogP contribution in [-0.2, 0) is 0 Å². The first-order valence-corrected chi connectivity index (χ1v) is 18.9. The molecule has 1 aromatic heterocycles. The van der Waals surface area contributed by atoms with E-state index in [1.165, 1.54) is 47.1 Å². The summed E-state index contributed by atoms with van der Waals surface area (Å²) in [6.45, 7) is 0. The molecule has 0 atom stereocenters. The Labute approximate surface area is 266 Å². The average Bonchev–Trinajstić information content (AvgIpc) is 3.49. The topological polar surface area (TPSA) is 13.1 Å². The Bertz CT molecular complexity index is 2060. The van der Waals surface area contributed by atoms with Gasteiger partial charge in [-0.25, -0.2) is 0 Å². The van der Waals surface area contributed by atoms with Gasteiger partial charge in [0.15, 0.2) is 16.9 Å². The van der Waals surface area contributed by atoms with E-state index in [2.05, 4.69) is 188 Å². The fraction of sp³-hybridized carbons (Fsp3) is 0. The Kier molecular flexibility index (Phi) is 7.10. The number of hydrogen-bond acceptors (Lipinski definition) is 1. The number of hydrogen-bond donors (Lipinski definition) is 0. The van der Waals surface area contributed by atoms with Crippen molar-refractivity contribution in [2.45, 2.75) is 0 Å². The third-order valence-electron chi connectivity index (χ3n) is 8.94. The highest BCUT2D eigenvalue weighted by Gasteiger charge is 2.41. The summed E-state index contributed by atoms with van der Waals surface area (Å²) >= 11 is 0. The molecule has 0 aliphatic rings. The summed E-state index contributed by atoms with van der Waals surface area (Å²) in [5, 5.41) is 11.9. The van der Waals surface area contributed by atoms with Crippen LogP contribution in [0, 0.1) is 0 Å². The molecule has 1 nitrogen and oxygen atoms in total. The molecule has 7 aromatic carbocycles. The van der Waals surface area contributed by atoms with Crippen LogP contribution >= 0.6 is 0 Å². The molecule has 0 saturated carbocycles. The zero-order chi connectivity index (χ0) is 30.1. The van der Waals surface area contributed by atoms with Gasteiger partial charge in [0, 0.05) is 10.8 Å². The van der Waals surface area contributed by atoms with Crippen LogP contribution < -0.4 is 36.3 Å². The maximum atomic E-state index is 6.51. The summed E-state index contributed by atoms with van der Waals surface area (Å²) in [6.07, 6.45) is 0. The van der Waals surface area contributed by atoms with Crippen molar-refractivity contribution in [3.05, 3.63) is 188 Å². The zero-order valence-corrected chi connectivity index (χ0v) is 26.8. The summed E-state index contributed by atoms with van der Waals surface area (Å²) in [5.74, 6) is 0. The van der Waals surface area contributed by atoms with E-state index in [1.54, 1.807) is 0 Å². The highest BCUT2D eigenvalue weighted by Crippen LogP contribution is 2.28. The number of fused-ring (bicyclic) bond motifs is 3. The molecule has 1 radical (unpaired) electrons. The SMILES string of the molecule is c1ccc([Si](c2ccccc2)c2ccc3oc4ccc([Si](c5ccccc5)(c5ccccc5)c5ccccc5)cc4c3c2)cc1. The van der Waals surface area contributed by atoms with Gasteiger partial charge < -0.3 is 4.42 Å². The Morgan fingerprint density at radius 3 is 1.20 bits per heavy atom. The standard InChI is InChI=1S/C42H31OSi2/c1-6-16-32(17-7-1)44(33-18-8-2-9-19-33)34-26-28-41-39(30-34)40-31-38(27-29-42(40)43-41)45(35-20-10-3-11-21-35,36-22-12-4-13-23-36)37-24-14-5-15-25-37/h1-31H. The summed E-state index contributed by atoms with van der Waals surface area (Å²) < 4.78 is 6.51. The number of benzene rings is 7. The molecule has 0 amide bonds. The van der Waals surface area contributed by atoms with Gasteiger partial charge in [-0.1, -0.05) is 186 Å². The van der Waals surface area contributed by atoms with Crippen LogP contribution in [-0.4, -0.2) is 16.9 Å². The van der Waals surface area contributed by atoms with E-state index in [9.17, 15) is 0 Å². The van der Waals surface area contributed by atoms with Gasteiger partial charge in [0.05, 0.1) is 0 Å². The Morgan fingerprint density at radius 1 is 0.333 bits per heavy atom. The van der Waals surface area contributed by atoms with Gasteiger partial charge in [-0.2, -0.15) is 0 Å². The van der Waals surface area contributed by atoms with E-state index in [0.717, 1.165) is 11.2 Å². The third kappa shape index (κ3) is 4.78. The van der Waals surface area contributed by atoms with Crippen LogP contribution in [0.4, 0.5) is 0 Å². The highest BCUT2D eigenvalue weighted by molar-refractivity contribution is 7.20. The largest absolute Gasteiger partial charge is 0.456 e. The second-order valence-corrected chi connectivity index (χ2v) is 17.8. The summed E-state index contributed by atoms with van der Waals surface area (Å²) in [4.78, 5) is 0. The molecule has 0 aliphatic heterocycles. The first-order valence-electron chi connectivity index (χ1n) is 15.4. The maximum absolute atomic E-state index is 6.51. The molecule has 8 rings (SSSR count). The van der Waals surface area contributed by atoms with Gasteiger partial charge in [0.25, 0.3) is 0 Å². The molecule has 0 saturated heterocycles. The molecule has 213 valence electrons. The predicted octanol–water partition coefficient (Wildman–Crippen LogP) is 5.48. The monoisotopic (exact) mass is 607 g/mol. The van der Waals surface area contributed by atoms with Crippen LogP contribution in [0.3, 0.4) is 0 Å². The highest BCUT2D eigenvalue weighted by atomic mass is 28.3. The number of rotatable bonds is 7. The quantitative estimate of drug-likeness (QED) is 0.173. The Balaban J connectivity index is 1.39. The molecule has 0 aliphatic carbocycles. The van der Waals surface area contributed by atoms with Crippen molar-refractivity contribution in [1.29, 1.82) is 0 Å².